The van der Waals surface area contributed by atoms with E-state index in [0.29, 0.717) is 12.2 Å². The Hall–Kier alpha value is -0.770. The molecule has 56 valence electrons. The molecule has 1 aliphatic carbocycles. The van der Waals surface area contributed by atoms with Crippen LogP contribution in [-0.2, 0) is 0 Å². The van der Waals surface area contributed by atoms with Gasteiger partial charge >= 0.3 is 0 Å². The first kappa shape index (κ1) is 7.34. The summed E-state index contributed by atoms with van der Waals surface area (Å²) in [5, 5.41) is 8.55. The summed E-state index contributed by atoms with van der Waals surface area (Å²) in [5.74, 6) is -2.22. The van der Waals surface area contributed by atoms with Crippen molar-refractivity contribution in [1.82, 2.24) is 0 Å². The summed E-state index contributed by atoms with van der Waals surface area (Å²) in [4.78, 5) is 0. The zero-order chi connectivity index (χ0) is 7.72. The quantitative estimate of drug-likeness (QED) is 0.553. The second-order valence-corrected chi connectivity index (χ2v) is 1.97. The molecular weight excluding hydrogens is 145 g/mol. The molecule has 10 heavy (non-hydrogen) atoms. The number of allylic oxidation sites excluding steroid dienone is 2. The molecule has 1 aliphatic rings. The highest BCUT2D eigenvalue weighted by molar-refractivity contribution is 5.25. The highest BCUT2D eigenvalue weighted by Crippen LogP contribution is 2.22. The molecule has 0 saturated carbocycles. The molecule has 2 atom stereocenters. The van der Waals surface area contributed by atoms with Crippen LogP contribution in [0.2, 0.25) is 0 Å². The predicted molar refractivity (Wildman–Crippen MR) is 29.3 cm³/mol. The highest BCUT2D eigenvalue weighted by Gasteiger charge is 2.25. The fourth-order valence-corrected chi connectivity index (χ4v) is 0.670. The Morgan fingerprint density at radius 1 is 1.40 bits per heavy atom. The van der Waals surface area contributed by atoms with Gasteiger partial charge in [-0.15, -0.1) is 0 Å². The van der Waals surface area contributed by atoms with Crippen molar-refractivity contribution in [2.45, 2.75) is 12.3 Å². The van der Waals surface area contributed by atoms with E-state index in [2.05, 4.69) is 0 Å². The van der Waals surface area contributed by atoms with Crippen molar-refractivity contribution in [3.8, 4) is 0 Å². The van der Waals surface area contributed by atoms with Gasteiger partial charge in [-0.05, 0) is 6.08 Å². The van der Waals surface area contributed by atoms with Crippen molar-refractivity contribution in [3.05, 3.63) is 23.8 Å². The Balaban J connectivity index is 2.85. The normalized spacial score (nSPS) is 33.2. The Morgan fingerprint density at radius 2 is 2.00 bits per heavy atom. The summed E-state index contributed by atoms with van der Waals surface area (Å²) in [6, 6.07) is 0. The zero-order valence-electron chi connectivity index (χ0n) is 4.89. The Labute approximate surface area is 55.5 Å². The largest absolute Gasteiger partial charge is 0.385 e. The fraction of sp³-hybridized carbons (Fsp3) is 0.333. The van der Waals surface area contributed by atoms with E-state index in [4.69, 9.17) is 5.11 Å². The maximum absolute atomic E-state index is 12.2. The van der Waals surface area contributed by atoms with Crippen LogP contribution in [-0.4, -0.2) is 17.4 Å². The average molecular weight is 150 g/mol. The van der Waals surface area contributed by atoms with E-state index >= 15 is 0 Å². The van der Waals surface area contributed by atoms with Crippen LogP contribution in [0.15, 0.2) is 23.8 Å². The molecule has 0 bridgehead atoms. The molecule has 2 unspecified atom stereocenters. The SMILES string of the molecule is OC1C=C(F)C=C(F)C1F. The van der Waals surface area contributed by atoms with E-state index < -0.39 is 23.9 Å². The maximum atomic E-state index is 12.2. The van der Waals surface area contributed by atoms with Gasteiger partial charge in [-0.3, -0.25) is 0 Å². The Kier molecular flexibility index (Phi) is 1.80. The van der Waals surface area contributed by atoms with Crippen molar-refractivity contribution in [2.75, 3.05) is 0 Å². The van der Waals surface area contributed by atoms with Crippen LogP contribution in [0.3, 0.4) is 0 Å². The van der Waals surface area contributed by atoms with Crippen molar-refractivity contribution < 1.29 is 18.3 Å². The second kappa shape index (κ2) is 2.46. The average Bonchev–Trinajstić information content (AvgIpc) is 1.82. The standard InChI is InChI=1S/C6H5F3O/c7-3-1-4(8)6(9)5(10)2-3/h1-2,5-6,10H. The minimum atomic E-state index is -2.11. The molecule has 0 aromatic heterocycles. The first-order valence-electron chi connectivity index (χ1n) is 2.68. The number of hydrogen-bond acceptors (Lipinski definition) is 1. The van der Waals surface area contributed by atoms with Gasteiger partial charge in [0.05, 0.1) is 0 Å². The number of hydrogen-bond donors (Lipinski definition) is 1. The van der Waals surface area contributed by atoms with Crippen LogP contribution in [0.4, 0.5) is 13.2 Å². The molecule has 1 N–H and O–H groups in total. The van der Waals surface area contributed by atoms with E-state index in [9.17, 15) is 13.2 Å². The lowest BCUT2D eigenvalue weighted by molar-refractivity contribution is 0.117. The summed E-state index contributed by atoms with van der Waals surface area (Å²) in [6.45, 7) is 0. The van der Waals surface area contributed by atoms with Crippen LogP contribution in [0.1, 0.15) is 0 Å². The molecule has 1 nitrogen and oxygen atoms in total. The molecule has 4 heteroatoms. The number of aliphatic hydroxyl groups excluding tert-OH is 1. The van der Waals surface area contributed by atoms with E-state index in [1.54, 1.807) is 0 Å². The molecule has 0 fully saturated rings. The van der Waals surface area contributed by atoms with E-state index in [0.717, 1.165) is 0 Å². The van der Waals surface area contributed by atoms with E-state index in [1.165, 1.54) is 0 Å². The topological polar surface area (TPSA) is 20.2 Å². The van der Waals surface area contributed by atoms with Crippen molar-refractivity contribution in [1.29, 1.82) is 0 Å². The van der Waals surface area contributed by atoms with E-state index in [1.807, 2.05) is 0 Å². The molecule has 0 spiro atoms. The van der Waals surface area contributed by atoms with Gasteiger partial charge < -0.3 is 5.11 Å². The van der Waals surface area contributed by atoms with Gasteiger partial charge in [-0.2, -0.15) is 0 Å². The van der Waals surface area contributed by atoms with Gasteiger partial charge in [-0.25, -0.2) is 13.2 Å². The maximum Gasteiger partial charge on any atom is 0.181 e. The van der Waals surface area contributed by atoms with Crippen molar-refractivity contribution >= 4 is 0 Å². The van der Waals surface area contributed by atoms with E-state index in [-0.39, 0.29) is 0 Å². The summed E-state index contributed by atoms with van der Waals surface area (Å²) in [5.41, 5.74) is 0. The number of alkyl halides is 1. The van der Waals surface area contributed by atoms with Gasteiger partial charge in [0, 0.05) is 6.08 Å². The minimum Gasteiger partial charge on any atom is -0.385 e. The molecule has 0 radical (unpaired) electrons. The number of aliphatic hydroxyl groups is 1. The summed E-state index contributed by atoms with van der Waals surface area (Å²) >= 11 is 0. The van der Waals surface area contributed by atoms with Crippen molar-refractivity contribution in [3.63, 3.8) is 0 Å². The zero-order valence-corrected chi connectivity index (χ0v) is 4.89. The minimum absolute atomic E-state index is 0.414. The molecule has 0 aromatic rings. The molecular formula is C6H5F3O. The van der Waals surface area contributed by atoms with Crippen LogP contribution < -0.4 is 0 Å². The molecule has 0 aliphatic heterocycles. The molecule has 0 saturated heterocycles. The molecule has 0 aromatic carbocycles. The summed E-state index contributed by atoms with van der Waals surface area (Å²) in [7, 11) is 0. The number of halogens is 3. The highest BCUT2D eigenvalue weighted by atomic mass is 19.2. The van der Waals surface area contributed by atoms with Gasteiger partial charge in [0.1, 0.15) is 17.8 Å². The lowest BCUT2D eigenvalue weighted by atomic mass is 10.1. The molecule has 0 amide bonds. The van der Waals surface area contributed by atoms with Crippen LogP contribution in [0.25, 0.3) is 0 Å². The summed E-state index contributed by atoms with van der Waals surface area (Å²) in [6.07, 6.45) is -2.77. The second-order valence-electron chi connectivity index (χ2n) is 1.97. The third kappa shape index (κ3) is 1.21. The molecule has 1 rings (SSSR count). The third-order valence-electron chi connectivity index (χ3n) is 1.17. The Morgan fingerprint density at radius 3 is 2.50 bits per heavy atom. The third-order valence-corrected chi connectivity index (χ3v) is 1.17. The molecule has 0 heterocycles. The van der Waals surface area contributed by atoms with Crippen LogP contribution in [0.5, 0.6) is 0 Å². The number of rotatable bonds is 0. The van der Waals surface area contributed by atoms with Gasteiger partial charge in [0.15, 0.2) is 6.17 Å². The fourth-order valence-electron chi connectivity index (χ4n) is 0.670. The lowest BCUT2D eigenvalue weighted by Crippen LogP contribution is -2.22. The van der Waals surface area contributed by atoms with Gasteiger partial charge in [-0.1, -0.05) is 0 Å². The van der Waals surface area contributed by atoms with Gasteiger partial charge in [0.2, 0.25) is 0 Å². The first-order valence-corrected chi connectivity index (χ1v) is 2.68. The summed E-state index contributed by atoms with van der Waals surface area (Å²) < 4.78 is 36.4. The monoisotopic (exact) mass is 150 g/mol. The lowest BCUT2D eigenvalue weighted by Gasteiger charge is -2.13. The Bertz CT molecular complexity index is 197. The van der Waals surface area contributed by atoms with Crippen LogP contribution in [0, 0.1) is 0 Å². The van der Waals surface area contributed by atoms with Crippen LogP contribution >= 0.6 is 0 Å². The smallest absolute Gasteiger partial charge is 0.181 e. The van der Waals surface area contributed by atoms with Gasteiger partial charge in [0.25, 0.3) is 0 Å². The predicted octanol–water partition coefficient (Wildman–Crippen LogP) is 1.41. The first-order chi connectivity index (χ1) is 4.61. The van der Waals surface area contributed by atoms with Crippen molar-refractivity contribution in [2.24, 2.45) is 0 Å².